The summed E-state index contributed by atoms with van der Waals surface area (Å²) in [7, 11) is 3.41. The number of hydrogen-bond donors (Lipinski definition) is 1. The number of nitrogens with zero attached hydrogens (tertiary/aromatic N) is 1. The zero-order valence-corrected chi connectivity index (χ0v) is 14.5. The summed E-state index contributed by atoms with van der Waals surface area (Å²) < 4.78 is 18.6. The van der Waals surface area contributed by atoms with E-state index in [0.29, 0.717) is 17.9 Å². The van der Waals surface area contributed by atoms with Gasteiger partial charge in [0.05, 0.1) is 6.42 Å². The Kier molecular flexibility index (Phi) is 6.11. The van der Waals surface area contributed by atoms with Crippen molar-refractivity contribution in [1.29, 1.82) is 0 Å². The lowest BCUT2D eigenvalue weighted by atomic mass is 10.1. The topological polar surface area (TPSA) is 58.6 Å². The molecule has 0 radical (unpaired) electrons. The van der Waals surface area contributed by atoms with Crippen molar-refractivity contribution in [2.24, 2.45) is 0 Å². The molecule has 25 heavy (non-hydrogen) atoms. The Labute approximate surface area is 146 Å². The van der Waals surface area contributed by atoms with Crippen LogP contribution in [0.15, 0.2) is 48.5 Å². The third-order valence-electron chi connectivity index (χ3n) is 3.55. The average Bonchev–Trinajstić information content (AvgIpc) is 2.56. The minimum Gasteiger partial charge on any atom is -0.481 e. The standard InChI is InChI=1S/C19H21FN2O3/c1-13(25-17-6-4-5-15(20)12-17)19(24)21-16-9-7-14(8-10-16)11-18(23)22(2)3/h4-10,12-13H,11H2,1-3H3,(H,21,24). The molecule has 0 aliphatic carbocycles. The smallest absolute Gasteiger partial charge is 0.265 e. The van der Waals surface area contributed by atoms with Crippen molar-refractivity contribution in [3.8, 4) is 5.75 Å². The van der Waals surface area contributed by atoms with E-state index in [0.717, 1.165) is 5.56 Å². The molecule has 0 aliphatic heterocycles. The second kappa shape index (κ2) is 8.28. The molecule has 2 aromatic rings. The number of ether oxygens (including phenoxy) is 1. The lowest BCUT2D eigenvalue weighted by molar-refractivity contribution is -0.128. The molecular formula is C19H21FN2O3. The van der Waals surface area contributed by atoms with E-state index in [4.69, 9.17) is 4.74 Å². The number of carbonyl (C=O) groups excluding carboxylic acids is 2. The SMILES string of the molecule is CC(Oc1cccc(F)c1)C(=O)Nc1ccc(CC(=O)N(C)C)cc1. The van der Waals surface area contributed by atoms with Crippen LogP contribution in [0.3, 0.4) is 0 Å². The van der Waals surface area contributed by atoms with Gasteiger partial charge in [-0.05, 0) is 36.8 Å². The summed E-state index contributed by atoms with van der Waals surface area (Å²) in [6, 6.07) is 12.7. The number of likely N-dealkylation sites (N-methyl/N-ethyl adjacent to an activating group) is 1. The van der Waals surface area contributed by atoms with Crippen LogP contribution in [0.5, 0.6) is 5.75 Å². The third-order valence-corrected chi connectivity index (χ3v) is 3.55. The predicted octanol–water partition coefficient (Wildman–Crippen LogP) is 2.86. The van der Waals surface area contributed by atoms with Gasteiger partial charge in [0.2, 0.25) is 5.91 Å². The van der Waals surface area contributed by atoms with E-state index in [2.05, 4.69) is 5.32 Å². The van der Waals surface area contributed by atoms with Crippen molar-refractivity contribution in [2.75, 3.05) is 19.4 Å². The number of anilines is 1. The van der Waals surface area contributed by atoms with Crippen LogP contribution < -0.4 is 10.1 Å². The summed E-state index contributed by atoms with van der Waals surface area (Å²) in [5, 5.41) is 2.73. The maximum atomic E-state index is 13.1. The van der Waals surface area contributed by atoms with Crippen LogP contribution >= 0.6 is 0 Å². The predicted molar refractivity (Wildman–Crippen MR) is 94.0 cm³/mol. The Hall–Kier alpha value is -2.89. The van der Waals surface area contributed by atoms with Gasteiger partial charge in [0, 0.05) is 25.8 Å². The number of hydrogen-bond acceptors (Lipinski definition) is 3. The number of rotatable bonds is 6. The van der Waals surface area contributed by atoms with Gasteiger partial charge in [-0.25, -0.2) is 4.39 Å². The fourth-order valence-electron chi connectivity index (χ4n) is 2.08. The molecule has 0 fully saturated rings. The highest BCUT2D eigenvalue weighted by atomic mass is 19.1. The maximum absolute atomic E-state index is 13.1. The van der Waals surface area contributed by atoms with Gasteiger partial charge in [-0.3, -0.25) is 9.59 Å². The van der Waals surface area contributed by atoms with E-state index in [1.54, 1.807) is 51.4 Å². The van der Waals surface area contributed by atoms with Gasteiger partial charge >= 0.3 is 0 Å². The first-order valence-corrected chi connectivity index (χ1v) is 7.87. The average molecular weight is 344 g/mol. The molecule has 132 valence electrons. The Bertz CT molecular complexity index is 745. The molecule has 0 aliphatic rings. The highest BCUT2D eigenvalue weighted by Crippen LogP contribution is 2.15. The second-order valence-corrected chi connectivity index (χ2v) is 5.87. The summed E-state index contributed by atoms with van der Waals surface area (Å²) in [4.78, 5) is 25.4. The molecule has 1 N–H and O–H groups in total. The molecule has 0 bridgehead atoms. The summed E-state index contributed by atoms with van der Waals surface area (Å²) in [5.41, 5.74) is 1.46. The molecule has 2 amide bonds. The van der Waals surface area contributed by atoms with Gasteiger partial charge < -0.3 is 15.0 Å². The number of halogens is 1. The quantitative estimate of drug-likeness (QED) is 0.877. The van der Waals surface area contributed by atoms with Gasteiger partial charge in [-0.1, -0.05) is 18.2 Å². The molecule has 6 heteroatoms. The number of nitrogens with one attached hydrogen (secondary N) is 1. The van der Waals surface area contributed by atoms with Crippen LogP contribution in [0.2, 0.25) is 0 Å². The zero-order chi connectivity index (χ0) is 18.4. The van der Waals surface area contributed by atoms with E-state index < -0.39 is 11.9 Å². The first-order valence-electron chi connectivity index (χ1n) is 7.87. The largest absolute Gasteiger partial charge is 0.481 e. The summed E-state index contributed by atoms with van der Waals surface area (Å²) >= 11 is 0. The zero-order valence-electron chi connectivity index (χ0n) is 14.5. The van der Waals surface area contributed by atoms with Crippen molar-refractivity contribution >= 4 is 17.5 Å². The molecule has 0 saturated carbocycles. The Morgan fingerprint density at radius 2 is 1.84 bits per heavy atom. The van der Waals surface area contributed by atoms with E-state index in [9.17, 15) is 14.0 Å². The van der Waals surface area contributed by atoms with E-state index in [1.807, 2.05) is 0 Å². The van der Waals surface area contributed by atoms with Crippen LogP contribution in [0.4, 0.5) is 10.1 Å². The van der Waals surface area contributed by atoms with Gasteiger partial charge in [0.15, 0.2) is 6.10 Å². The molecule has 0 heterocycles. The fourth-order valence-corrected chi connectivity index (χ4v) is 2.08. The second-order valence-electron chi connectivity index (χ2n) is 5.87. The molecule has 0 saturated heterocycles. The molecule has 0 aromatic heterocycles. The van der Waals surface area contributed by atoms with Crippen molar-refractivity contribution in [3.63, 3.8) is 0 Å². The van der Waals surface area contributed by atoms with Gasteiger partial charge in [0.1, 0.15) is 11.6 Å². The van der Waals surface area contributed by atoms with Crippen molar-refractivity contribution in [1.82, 2.24) is 4.90 Å². The normalized spacial score (nSPS) is 11.5. The molecule has 2 aromatic carbocycles. The molecule has 2 rings (SSSR count). The molecule has 5 nitrogen and oxygen atoms in total. The minimum atomic E-state index is -0.781. The third kappa shape index (κ3) is 5.60. The number of amides is 2. The Morgan fingerprint density at radius 3 is 2.44 bits per heavy atom. The van der Waals surface area contributed by atoms with Gasteiger partial charge in [0.25, 0.3) is 5.91 Å². The Morgan fingerprint density at radius 1 is 1.16 bits per heavy atom. The number of carbonyl (C=O) groups is 2. The van der Waals surface area contributed by atoms with Gasteiger partial charge in [-0.2, -0.15) is 0 Å². The van der Waals surface area contributed by atoms with Crippen molar-refractivity contribution < 1.29 is 18.7 Å². The van der Waals surface area contributed by atoms with E-state index in [1.165, 1.54) is 23.1 Å². The Balaban J connectivity index is 1.92. The highest BCUT2D eigenvalue weighted by molar-refractivity contribution is 5.94. The van der Waals surface area contributed by atoms with Crippen LogP contribution in [-0.4, -0.2) is 36.9 Å². The monoisotopic (exact) mass is 344 g/mol. The van der Waals surface area contributed by atoms with Crippen molar-refractivity contribution in [2.45, 2.75) is 19.4 Å². The van der Waals surface area contributed by atoms with Crippen LogP contribution in [0.25, 0.3) is 0 Å². The minimum absolute atomic E-state index is 0.00824. The van der Waals surface area contributed by atoms with Crippen LogP contribution in [-0.2, 0) is 16.0 Å². The summed E-state index contributed by atoms with van der Waals surface area (Å²) in [6.07, 6.45) is -0.475. The first kappa shape index (κ1) is 18.4. The van der Waals surface area contributed by atoms with E-state index in [-0.39, 0.29) is 11.8 Å². The molecule has 0 spiro atoms. The van der Waals surface area contributed by atoms with Crippen molar-refractivity contribution in [3.05, 3.63) is 59.9 Å². The lowest BCUT2D eigenvalue weighted by Crippen LogP contribution is -2.30. The molecule has 1 unspecified atom stereocenters. The van der Waals surface area contributed by atoms with Gasteiger partial charge in [-0.15, -0.1) is 0 Å². The molecular weight excluding hydrogens is 323 g/mol. The highest BCUT2D eigenvalue weighted by Gasteiger charge is 2.15. The summed E-state index contributed by atoms with van der Waals surface area (Å²) in [6.45, 7) is 1.59. The summed E-state index contributed by atoms with van der Waals surface area (Å²) in [5.74, 6) is -0.469. The molecule has 1 atom stereocenters. The van der Waals surface area contributed by atoms with Crippen LogP contribution in [0.1, 0.15) is 12.5 Å². The first-order chi connectivity index (χ1) is 11.8. The van der Waals surface area contributed by atoms with E-state index >= 15 is 0 Å². The lowest BCUT2D eigenvalue weighted by Gasteiger charge is -2.15. The number of benzene rings is 2. The fraction of sp³-hybridized carbons (Fsp3) is 0.263. The maximum Gasteiger partial charge on any atom is 0.265 e. The van der Waals surface area contributed by atoms with Crippen LogP contribution in [0, 0.1) is 5.82 Å².